The van der Waals surface area contributed by atoms with E-state index in [9.17, 15) is 39.0 Å². The summed E-state index contributed by atoms with van der Waals surface area (Å²) in [6.45, 7) is 6.86. The van der Waals surface area contributed by atoms with Crippen LogP contribution in [0.25, 0.3) is 0 Å². The number of benzene rings is 4. The van der Waals surface area contributed by atoms with Crippen LogP contribution in [0.5, 0.6) is 0 Å². The molecule has 0 bridgehead atoms. The van der Waals surface area contributed by atoms with E-state index in [0.717, 1.165) is 0 Å². The number of esters is 2. The highest BCUT2D eigenvalue weighted by molar-refractivity contribution is 5.95. The zero-order valence-electron chi connectivity index (χ0n) is 42.9. The number of hydrogen-bond donors (Lipinski definition) is 6. The van der Waals surface area contributed by atoms with Crippen LogP contribution in [0.15, 0.2) is 133 Å². The molecule has 8 N–H and O–H groups in total. The highest BCUT2D eigenvalue weighted by atomic mass is 19.1. The summed E-state index contributed by atoms with van der Waals surface area (Å²) in [5.41, 5.74) is 14.2. The summed E-state index contributed by atoms with van der Waals surface area (Å²) in [4.78, 5) is 82.1. The summed E-state index contributed by atoms with van der Waals surface area (Å²) in [6.07, 6.45) is -8.02. The van der Waals surface area contributed by atoms with Crippen LogP contribution in [0.1, 0.15) is 98.7 Å². The fourth-order valence-electron chi connectivity index (χ4n) is 9.12. The third-order valence-corrected chi connectivity index (χ3v) is 14.2. The average molecular weight is 1050 g/mol. The lowest BCUT2D eigenvalue weighted by Crippen LogP contribution is -2.57. The van der Waals surface area contributed by atoms with Crippen molar-refractivity contribution in [3.63, 3.8) is 0 Å². The van der Waals surface area contributed by atoms with E-state index in [1.165, 1.54) is 72.8 Å². The van der Waals surface area contributed by atoms with Crippen LogP contribution in [0.2, 0.25) is 0 Å². The molecule has 2 aliphatic carbocycles. The summed E-state index contributed by atoms with van der Waals surface area (Å²) < 4.78 is 54.4. The normalized spacial score (nSPS) is 20.9. The number of rotatable bonds is 27. The minimum atomic E-state index is -2.55. The SMILES string of the molecule is CC[C@H](C)[C@H](N)C(=O)OC/C=C\C(=O)[C@@H]1Cc2ccccc2[C@H]1NC(=O)[C@H](OC(F)c1ccccc1)[C@H](O)[C@@H](O)[C@@H](OC(F)c1ccccc1)C(=O)N[C@@H]1c2ccccc2C[C@H]1C(=O)/C=C\COC(=O)[C@@H](N)[C@@H](C)CC. The summed E-state index contributed by atoms with van der Waals surface area (Å²) in [5, 5.41) is 29.7. The largest absolute Gasteiger partial charge is 0.460 e. The molecule has 2 unspecified atom stereocenters. The first-order chi connectivity index (χ1) is 36.4. The van der Waals surface area contributed by atoms with Crippen molar-refractivity contribution in [1.82, 2.24) is 10.6 Å². The summed E-state index contributed by atoms with van der Waals surface area (Å²) in [6, 6.07) is 24.3. The molecule has 2 amide bonds. The molecule has 0 fully saturated rings. The van der Waals surface area contributed by atoms with Gasteiger partial charge in [-0.25, -0.2) is 8.78 Å². The molecular formula is C58H68F2N4O12. The fourth-order valence-corrected chi connectivity index (χ4v) is 9.12. The first-order valence-corrected chi connectivity index (χ1v) is 25.5. The van der Waals surface area contributed by atoms with E-state index in [-0.39, 0.29) is 49.0 Å². The Morgan fingerprint density at radius 2 is 0.921 bits per heavy atom. The minimum absolute atomic E-state index is 0.0897. The van der Waals surface area contributed by atoms with Gasteiger partial charge in [-0.15, -0.1) is 0 Å². The Balaban J connectivity index is 1.28. The van der Waals surface area contributed by atoms with Crippen molar-refractivity contribution in [1.29, 1.82) is 0 Å². The number of hydrogen-bond acceptors (Lipinski definition) is 14. The van der Waals surface area contributed by atoms with E-state index in [4.69, 9.17) is 30.4 Å². The second-order valence-electron chi connectivity index (χ2n) is 19.2. The first-order valence-electron chi connectivity index (χ1n) is 25.5. The van der Waals surface area contributed by atoms with E-state index in [2.05, 4.69) is 10.6 Å². The van der Waals surface area contributed by atoms with Crippen molar-refractivity contribution >= 4 is 35.3 Å². The number of ketones is 2. The van der Waals surface area contributed by atoms with E-state index < -0.39 is 108 Å². The molecule has 18 heteroatoms. The third-order valence-electron chi connectivity index (χ3n) is 14.2. The minimum Gasteiger partial charge on any atom is -0.460 e. The zero-order valence-corrected chi connectivity index (χ0v) is 42.9. The predicted octanol–water partition coefficient (Wildman–Crippen LogP) is 5.96. The van der Waals surface area contributed by atoms with Crippen molar-refractivity contribution in [2.45, 2.75) is 115 Å². The molecular weight excluding hydrogens is 983 g/mol. The van der Waals surface area contributed by atoms with Crippen LogP contribution in [0, 0.1) is 23.7 Å². The Morgan fingerprint density at radius 1 is 0.579 bits per heavy atom. The molecule has 14 atom stereocenters. The number of fused-ring (bicyclic) bond motifs is 2. The predicted molar refractivity (Wildman–Crippen MR) is 276 cm³/mol. The van der Waals surface area contributed by atoms with Crippen LogP contribution < -0.4 is 22.1 Å². The van der Waals surface area contributed by atoms with Crippen molar-refractivity contribution < 1.29 is 66.7 Å². The Labute approximate surface area is 441 Å². The number of nitrogens with two attached hydrogens (primary N) is 2. The fraction of sp³-hybridized carbons (Fsp3) is 0.414. The number of alkyl halides is 2. The third kappa shape index (κ3) is 14.8. The Morgan fingerprint density at radius 3 is 1.28 bits per heavy atom. The second-order valence-corrected chi connectivity index (χ2v) is 19.2. The average Bonchev–Trinajstić information content (AvgIpc) is 4.00. The molecule has 0 saturated carbocycles. The number of ether oxygens (including phenoxy) is 4. The molecule has 0 heterocycles. The Kier molecular flexibility index (Phi) is 21.4. The Bertz CT molecular complexity index is 2490. The van der Waals surface area contributed by atoms with Crippen molar-refractivity contribution in [3.8, 4) is 0 Å². The maximum atomic E-state index is 16.3. The van der Waals surface area contributed by atoms with Crippen molar-refractivity contribution in [2.24, 2.45) is 35.1 Å². The molecule has 4 aromatic rings. The molecule has 0 saturated heterocycles. The molecule has 76 heavy (non-hydrogen) atoms. The van der Waals surface area contributed by atoms with Crippen molar-refractivity contribution in [2.75, 3.05) is 13.2 Å². The maximum Gasteiger partial charge on any atom is 0.323 e. The quantitative estimate of drug-likeness (QED) is 0.0298. The second kappa shape index (κ2) is 27.8. The van der Waals surface area contributed by atoms with Gasteiger partial charge in [-0.3, -0.25) is 28.8 Å². The lowest BCUT2D eigenvalue weighted by atomic mass is 9.93. The van der Waals surface area contributed by atoms with Gasteiger partial charge in [-0.05, 0) is 71.2 Å². The monoisotopic (exact) mass is 1050 g/mol. The number of aliphatic hydroxyl groups is 2. The van der Waals surface area contributed by atoms with Gasteiger partial charge in [0.05, 0.1) is 23.9 Å². The molecule has 0 radical (unpaired) electrons. The number of aliphatic hydroxyl groups excluding tert-OH is 2. The van der Waals surface area contributed by atoms with Crippen LogP contribution >= 0.6 is 0 Å². The Hall–Kier alpha value is -6.80. The van der Waals surface area contributed by atoms with E-state index >= 15 is 8.78 Å². The number of carbonyl (C=O) groups is 6. The number of amides is 2. The zero-order chi connectivity index (χ0) is 55.1. The molecule has 0 aromatic heterocycles. The molecule has 406 valence electrons. The number of halogens is 2. The standard InChI is InChI=1S/C58H68F2N4O12/c1-5-33(3)45(61)57(71)73-29-17-27-43(65)41-31-37-23-13-15-25-39(37)47(41)63-55(69)51(75-53(59)35-19-9-7-10-20-35)49(67)50(68)52(76-54(60)36-21-11-8-12-22-36)56(70)64-48-40-26-16-14-24-38(40)32-42(48)44(66)28-18-30-74-58(72)46(62)34(4)6-2/h7-28,33-34,41-42,45-54,67-68H,5-6,29-32,61-62H2,1-4H3,(H,63,69)(H,64,70)/b27-17-,28-18-/t33-,34-,41-,42-,45-,46-,47+,48+,49+,50+,51+,52+,53?,54?/m0/s1. The smallest absolute Gasteiger partial charge is 0.323 e. The van der Waals surface area contributed by atoms with Crippen LogP contribution in [-0.4, -0.2) is 95.2 Å². The molecule has 2 aliphatic rings. The van der Waals surface area contributed by atoms with Gasteiger partial charge in [-0.1, -0.05) is 150 Å². The highest BCUT2D eigenvalue weighted by Gasteiger charge is 2.47. The highest BCUT2D eigenvalue weighted by Crippen LogP contribution is 2.39. The number of nitrogens with one attached hydrogen (secondary N) is 2. The topological polar surface area (TPSA) is 256 Å². The summed E-state index contributed by atoms with van der Waals surface area (Å²) in [5.74, 6) is -6.94. The van der Waals surface area contributed by atoms with Crippen LogP contribution in [-0.2, 0) is 60.6 Å². The summed E-state index contributed by atoms with van der Waals surface area (Å²) in [7, 11) is 0. The number of carbonyl (C=O) groups excluding carboxylic acids is 6. The molecule has 0 spiro atoms. The summed E-state index contributed by atoms with van der Waals surface area (Å²) >= 11 is 0. The van der Waals surface area contributed by atoms with E-state index in [0.29, 0.717) is 35.1 Å². The van der Waals surface area contributed by atoms with E-state index in [1.807, 2.05) is 27.7 Å². The van der Waals surface area contributed by atoms with Gasteiger partial charge in [0.25, 0.3) is 11.8 Å². The van der Waals surface area contributed by atoms with Crippen LogP contribution in [0.4, 0.5) is 8.78 Å². The van der Waals surface area contributed by atoms with Gasteiger partial charge >= 0.3 is 11.9 Å². The molecule has 6 rings (SSSR count). The number of allylic oxidation sites excluding steroid dienone is 2. The molecule has 0 aliphatic heterocycles. The first kappa shape index (κ1) is 58.5. The van der Waals surface area contributed by atoms with Gasteiger partial charge < -0.3 is 51.3 Å². The van der Waals surface area contributed by atoms with Gasteiger partial charge in [0.1, 0.15) is 37.5 Å². The molecule has 4 aromatic carbocycles. The van der Waals surface area contributed by atoms with Crippen molar-refractivity contribution in [3.05, 3.63) is 167 Å². The van der Waals surface area contributed by atoms with Gasteiger partial charge in [0.15, 0.2) is 23.8 Å². The molecule has 16 nitrogen and oxygen atoms in total. The van der Waals surface area contributed by atoms with Gasteiger partial charge in [0.2, 0.25) is 12.7 Å². The lowest BCUT2D eigenvalue weighted by Gasteiger charge is -2.33. The van der Waals surface area contributed by atoms with Crippen LogP contribution in [0.3, 0.4) is 0 Å². The lowest BCUT2D eigenvalue weighted by molar-refractivity contribution is -0.200. The maximum absolute atomic E-state index is 16.3. The van der Waals surface area contributed by atoms with Gasteiger partial charge in [0, 0.05) is 11.1 Å². The van der Waals surface area contributed by atoms with E-state index in [1.54, 1.807) is 60.7 Å². The van der Waals surface area contributed by atoms with Gasteiger partial charge in [-0.2, -0.15) is 0 Å².